The number of hydrogen-bond donors (Lipinski definition) is 2. The first-order valence-electron chi connectivity index (χ1n) is 6.35. The molecule has 3 N–H and O–H groups in total. The molecule has 0 atom stereocenters. The molecule has 0 spiro atoms. The van der Waals surface area contributed by atoms with Crippen LogP contribution in [0.2, 0.25) is 0 Å². The highest BCUT2D eigenvalue weighted by molar-refractivity contribution is 5.67. The van der Waals surface area contributed by atoms with Gasteiger partial charge in [-0.3, -0.25) is 0 Å². The molecule has 18 heavy (non-hydrogen) atoms. The number of ether oxygens (including phenoxy) is 1. The standard InChI is InChI=1S/C12H20N4O2/c1-2-18-12-10(13)11(14-8-15-12)16-5-3-9(7-17)4-6-16/h8-9,17H,2-7,13H2,1H3. The molecule has 2 heterocycles. The van der Waals surface area contributed by atoms with Gasteiger partial charge >= 0.3 is 0 Å². The lowest BCUT2D eigenvalue weighted by atomic mass is 9.98. The lowest BCUT2D eigenvalue weighted by molar-refractivity contribution is 0.203. The molecule has 0 aliphatic carbocycles. The highest BCUT2D eigenvalue weighted by Crippen LogP contribution is 2.30. The van der Waals surface area contributed by atoms with Crippen LogP contribution in [0.15, 0.2) is 6.33 Å². The quantitative estimate of drug-likeness (QED) is 0.819. The summed E-state index contributed by atoms with van der Waals surface area (Å²) in [5.74, 6) is 1.59. The van der Waals surface area contributed by atoms with Crippen molar-refractivity contribution in [1.29, 1.82) is 0 Å². The van der Waals surface area contributed by atoms with Crippen LogP contribution in [-0.4, -0.2) is 41.4 Å². The Morgan fingerprint density at radius 1 is 1.44 bits per heavy atom. The zero-order valence-corrected chi connectivity index (χ0v) is 10.7. The lowest BCUT2D eigenvalue weighted by Crippen LogP contribution is -2.35. The second-order valence-corrected chi connectivity index (χ2v) is 4.46. The van der Waals surface area contributed by atoms with Gasteiger partial charge in [-0.25, -0.2) is 4.98 Å². The summed E-state index contributed by atoms with van der Waals surface area (Å²) in [5, 5.41) is 9.13. The second-order valence-electron chi connectivity index (χ2n) is 4.46. The van der Waals surface area contributed by atoms with Gasteiger partial charge < -0.3 is 20.5 Å². The first-order chi connectivity index (χ1) is 8.76. The molecule has 1 fully saturated rings. The molecule has 100 valence electrons. The van der Waals surface area contributed by atoms with Crippen molar-refractivity contribution >= 4 is 11.5 Å². The fraction of sp³-hybridized carbons (Fsp3) is 0.667. The van der Waals surface area contributed by atoms with E-state index < -0.39 is 0 Å². The van der Waals surface area contributed by atoms with Gasteiger partial charge in [0.05, 0.1) is 6.61 Å². The largest absolute Gasteiger partial charge is 0.476 e. The van der Waals surface area contributed by atoms with Crippen LogP contribution in [0, 0.1) is 5.92 Å². The fourth-order valence-corrected chi connectivity index (χ4v) is 2.20. The number of piperidine rings is 1. The van der Waals surface area contributed by atoms with E-state index in [4.69, 9.17) is 15.6 Å². The highest BCUT2D eigenvalue weighted by atomic mass is 16.5. The van der Waals surface area contributed by atoms with E-state index in [1.54, 1.807) is 0 Å². The third-order valence-corrected chi connectivity index (χ3v) is 3.28. The molecule has 0 amide bonds. The van der Waals surface area contributed by atoms with E-state index in [0.717, 1.165) is 31.7 Å². The summed E-state index contributed by atoms with van der Waals surface area (Å²) in [6.07, 6.45) is 3.41. The summed E-state index contributed by atoms with van der Waals surface area (Å²) in [4.78, 5) is 10.4. The van der Waals surface area contributed by atoms with Gasteiger partial charge in [-0.1, -0.05) is 0 Å². The maximum Gasteiger partial charge on any atom is 0.242 e. The molecule has 6 heteroatoms. The molecule has 1 saturated heterocycles. The maximum atomic E-state index is 9.13. The predicted octanol–water partition coefficient (Wildman–Crippen LogP) is 0.666. The van der Waals surface area contributed by atoms with Crippen LogP contribution in [0.5, 0.6) is 5.88 Å². The first-order valence-corrected chi connectivity index (χ1v) is 6.35. The van der Waals surface area contributed by atoms with Crippen molar-refractivity contribution in [3.63, 3.8) is 0 Å². The number of nitrogens with zero attached hydrogens (tertiary/aromatic N) is 3. The minimum atomic E-state index is 0.261. The average molecular weight is 252 g/mol. The maximum absolute atomic E-state index is 9.13. The summed E-state index contributed by atoms with van der Waals surface area (Å²) in [7, 11) is 0. The van der Waals surface area contributed by atoms with Crippen molar-refractivity contribution in [1.82, 2.24) is 9.97 Å². The van der Waals surface area contributed by atoms with Crippen LogP contribution in [0.4, 0.5) is 11.5 Å². The number of anilines is 2. The number of nitrogen functional groups attached to an aromatic ring is 1. The molecule has 0 radical (unpaired) electrons. The van der Waals surface area contributed by atoms with Crippen molar-refractivity contribution in [2.75, 3.05) is 36.9 Å². The molecule has 6 nitrogen and oxygen atoms in total. The van der Waals surface area contributed by atoms with Gasteiger partial charge in [0.15, 0.2) is 5.82 Å². The molecule has 1 aliphatic rings. The van der Waals surface area contributed by atoms with Gasteiger partial charge in [0.1, 0.15) is 12.0 Å². The third-order valence-electron chi connectivity index (χ3n) is 3.28. The van der Waals surface area contributed by atoms with E-state index in [0.29, 0.717) is 24.1 Å². The lowest BCUT2D eigenvalue weighted by Gasteiger charge is -2.32. The zero-order valence-electron chi connectivity index (χ0n) is 10.7. The molecule has 1 aliphatic heterocycles. The third kappa shape index (κ3) is 2.64. The van der Waals surface area contributed by atoms with Crippen LogP contribution < -0.4 is 15.4 Å². The molecule has 0 unspecified atom stereocenters. The van der Waals surface area contributed by atoms with Gasteiger partial charge in [0.2, 0.25) is 5.88 Å². The zero-order chi connectivity index (χ0) is 13.0. The van der Waals surface area contributed by atoms with Gasteiger partial charge in [-0.15, -0.1) is 0 Å². The van der Waals surface area contributed by atoms with Crippen molar-refractivity contribution in [2.24, 2.45) is 5.92 Å². The Hall–Kier alpha value is -1.56. The van der Waals surface area contributed by atoms with Crippen molar-refractivity contribution in [3.05, 3.63) is 6.33 Å². The van der Waals surface area contributed by atoms with Crippen molar-refractivity contribution < 1.29 is 9.84 Å². The van der Waals surface area contributed by atoms with E-state index in [-0.39, 0.29) is 6.61 Å². The SMILES string of the molecule is CCOc1ncnc(N2CCC(CO)CC2)c1N. The Kier molecular flexibility index (Phi) is 4.19. The van der Waals surface area contributed by atoms with Crippen LogP contribution in [0.1, 0.15) is 19.8 Å². The van der Waals surface area contributed by atoms with Crippen LogP contribution >= 0.6 is 0 Å². The minimum absolute atomic E-state index is 0.261. The summed E-state index contributed by atoms with van der Waals surface area (Å²) in [5.41, 5.74) is 6.53. The normalized spacial score (nSPS) is 16.9. The van der Waals surface area contributed by atoms with Gasteiger partial charge in [-0.2, -0.15) is 4.98 Å². The molecule has 2 rings (SSSR count). The van der Waals surface area contributed by atoms with Crippen molar-refractivity contribution in [3.8, 4) is 5.88 Å². The smallest absolute Gasteiger partial charge is 0.242 e. The van der Waals surface area contributed by atoms with Crippen LogP contribution in [0.3, 0.4) is 0 Å². The molecule has 1 aromatic heterocycles. The van der Waals surface area contributed by atoms with Crippen LogP contribution in [0.25, 0.3) is 0 Å². The summed E-state index contributed by atoms with van der Waals surface area (Å²) in [6, 6.07) is 0. The molecular formula is C12H20N4O2. The minimum Gasteiger partial charge on any atom is -0.476 e. The number of aliphatic hydroxyl groups excluding tert-OH is 1. The molecule has 0 bridgehead atoms. The van der Waals surface area contributed by atoms with E-state index in [1.165, 1.54) is 6.33 Å². The number of aromatic nitrogens is 2. The van der Waals surface area contributed by atoms with E-state index in [2.05, 4.69) is 14.9 Å². The fourth-order valence-electron chi connectivity index (χ4n) is 2.20. The number of nitrogens with two attached hydrogens (primary N) is 1. The predicted molar refractivity (Wildman–Crippen MR) is 69.6 cm³/mol. The summed E-state index contributed by atoms with van der Waals surface area (Å²) >= 11 is 0. The number of aliphatic hydroxyl groups is 1. The topological polar surface area (TPSA) is 84.5 Å². The highest BCUT2D eigenvalue weighted by Gasteiger charge is 2.22. The monoisotopic (exact) mass is 252 g/mol. The van der Waals surface area contributed by atoms with Gasteiger partial charge in [-0.05, 0) is 25.7 Å². The Morgan fingerprint density at radius 2 is 2.17 bits per heavy atom. The van der Waals surface area contributed by atoms with Gasteiger partial charge in [0.25, 0.3) is 0 Å². The van der Waals surface area contributed by atoms with Gasteiger partial charge in [0, 0.05) is 19.7 Å². The molecular weight excluding hydrogens is 232 g/mol. The summed E-state index contributed by atoms with van der Waals surface area (Å²) < 4.78 is 5.37. The van der Waals surface area contributed by atoms with Crippen LogP contribution in [-0.2, 0) is 0 Å². The number of hydrogen-bond acceptors (Lipinski definition) is 6. The second kappa shape index (κ2) is 5.86. The van der Waals surface area contributed by atoms with E-state index >= 15 is 0 Å². The molecule has 0 saturated carbocycles. The molecule has 0 aromatic carbocycles. The Morgan fingerprint density at radius 3 is 2.78 bits per heavy atom. The number of rotatable bonds is 4. The Balaban J connectivity index is 2.11. The molecule has 1 aromatic rings. The Bertz CT molecular complexity index is 392. The average Bonchev–Trinajstić information content (AvgIpc) is 2.42. The summed E-state index contributed by atoms with van der Waals surface area (Å²) in [6.45, 7) is 4.41. The van der Waals surface area contributed by atoms with E-state index in [9.17, 15) is 0 Å². The van der Waals surface area contributed by atoms with Crippen molar-refractivity contribution in [2.45, 2.75) is 19.8 Å². The first kappa shape index (κ1) is 12.9. The van der Waals surface area contributed by atoms with E-state index in [1.807, 2.05) is 6.92 Å². The Labute approximate surface area is 107 Å².